The first-order valence-electron chi connectivity index (χ1n) is 5.30. The number of rotatable bonds is 3. The van der Waals surface area contributed by atoms with Crippen LogP contribution in [-0.4, -0.2) is 6.67 Å². The first-order chi connectivity index (χ1) is 5.90. The van der Waals surface area contributed by atoms with Gasteiger partial charge in [0, 0.05) is 6.67 Å². The lowest BCUT2D eigenvalue weighted by atomic mass is 9.79. The van der Waals surface area contributed by atoms with Crippen LogP contribution < -0.4 is 11.5 Å². The summed E-state index contributed by atoms with van der Waals surface area (Å²) in [7, 11) is 0. The summed E-state index contributed by atoms with van der Waals surface area (Å²) < 4.78 is 0. The zero-order valence-corrected chi connectivity index (χ0v) is 10.1. The van der Waals surface area contributed by atoms with Crippen LogP contribution in [0.4, 0.5) is 0 Å². The molecule has 0 aliphatic carbocycles. The van der Waals surface area contributed by atoms with E-state index < -0.39 is 0 Å². The highest BCUT2D eigenvalue weighted by Crippen LogP contribution is 2.29. The molecule has 0 aromatic carbocycles. The van der Waals surface area contributed by atoms with Crippen molar-refractivity contribution in [1.82, 2.24) is 0 Å². The lowest BCUT2D eigenvalue weighted by Gasteiger charge is -2.26. The van der Waals surface area contributed by atoms with E-state index in [0.717, 1.165) is 5.92 Å². The van der Waals surface area contributed by atoms with Gasteiger partial charge in [-0.05, 0) is 11.3 Å². The summed E-state index contributed by atoms with van der Waals surface area (Å²) in [5.74, 6) is 0.868. The first-order valence-corrected chi connectivity index (χ1v) is 5.30. The van der Waals surface area contributed by atoms with Crippen LogP contribution in [0.15, 0.2) is 0 Å². The average Bonchev–Trinajstić information content (AvgIpc) is 1.99. The molecule has 13 heavy (non-hydrogen) atoms. The molecule has 1 atom stereocenters. The number of nitrogens with two attached hydrogens (primary N) is 2. The molecule has 0 saturated heterocycles. The SMILES string of the molecule is CCCCC(C)C(C)(C)C.NCN. The minimum atomic E-state index is 0.250. The third-order valence-electron chi connectivity index (χ3n) is 2.47. The predicted octanol–water partition coefficient (Wildman–Crippen LogP) is 2.72. The molecule has 2 nitrogen and oxygen atoms in total. The van der Waals surface area contributed by atoms with Crippen molar-refractivity contribution >= 4 is 0 Å². The van der Waals surface area contributed by atoms with Crippen LogP contribution in [0.5, 0.6) is 0 Å². The van der Waals surface area contributed by atoms with Crippen molar-refractivity contribution in [3.63, 3.8) is 0 Å². The minimum Gasteiger partial charge on any atom is -0.319 e. The smallest absolute Gasteiger partial charge is 0.0403 e. The van der Waals surface area contributed by atoms with Gasteiger partial charge in [-0.25, -0.2) is 0 Å². The lowest BCUT2D eigenvalue weighted by Crippen LogP contribution is -2.16. The Labute approximate surface area is 84.1 Å². The Morgan fingerprint density at radius 3 is 1.77 bits per heavy atom. The molecule has 1 unspecified atom stereocenters. The summed E-state index contributed by atoms with van der Waals surface area (Å²) in [6.07, 6.45) is 4.11. The van der Waals surface area contributed by atoms with Gasteiger partial charge in [0.1, 0.15) is 0 Å². The quantitative estimate of drug-likeness (QED) is 0.669. The summed E-state index contributed by atoms with van der Waals surface area (Å²) in [6, 6.07) is 0. The summed E-state index contributed by atoms with van der Waals surface area (Å²) >= 11 is 0. The molecule has 0 bridgehead atoms. The van der Waals surface area contributed by atoms with Crippen molar-refractivity contribution in [3.05, 3.63) is 0 Å². The topological polar surface area (TPSA) is 52.0 Å². The molecule has 0 radical (unpaired) electrons. The van der Waals surface area contributed by atoms with Gasteiger partial charge in [-0.15, -0.1) is 0 Å². The van der Waals surface area contributed by atoms with Crippen molar-refractivity contribution in [2.24, 2.45) is 22.8 Å². The molecule has 0 aliphatic rings. The standard InChI is InChI=1S/C10H22.CH6N2/c1-6-7-8-9(2)10(3,4)5;2-1-3/h9H,6-8H2,1-5H3;1-3H2. The second-order valence-corrected chi connectivity index (χ2v) is 4.65. The van der Waals surface area contributed by atoms with Crippen molar-refractivity contribution in [1.29, 1.82) is 0 Å². The van der Waals surface area contributed by atoms with E-state index in [-0.39, 0.29) is 6.67 Å². The van der Waals surface area contributed by atoms with Gasteiger partial charge >= 0.3 is 0 Å². The van der Waals surface area contributed by atoms with E-state index >= 15 is 0 Å². The van der Waals surface area contributed by atoms with E-state index in [1.807, 2.05) is 0 Å². The van der Waals surface area contributed by atoms with Gasteiger partial charge in [0.05, 0.1) is 0 Å². The summed E-state index contributed by atoms with van der Waals surface area (Å²) in [6.45, 7) is 11.8. The zero-order valence-electron chi connectivity index (χ0n) is 10.1. The third kappa shape index (κ3) is 11.9. The third-order valence-corrected chi connectivity index (χ3v) is 2.47. The molecule has 0 amide bonds. The summed E-state index contributed by atoms with van der Waals surface area (Å²) in [5, 5.41) is 0. The van der Waals surface area contributed by atoms with Crippen LogP contribution in [-0.2, 0) is 0 Å². The molecule has 0 aromatic rings. The van der Waals surface area contributed by atoms with Crippen LogP contribution in [0.1, 0.15) is 53.9 Å². The van der Waals surface area contributed by atoms with Gasteiger partial charge in [-0.2, -0.15) is 0 Å². The average molecular weight is 188 g/mol. The normalized spacial score (nSPS) is 13.2. The molecule has 0 saturated carbocycles. The summed E-state index contributed by atoms with van der Waals surface area (Å²) in [5.41, 5.74) is 9.76. The predicted molar refractivity (Wildman–Crippen MR) is 61.4 cm³/mol. The van der Waals surface area contributed by atoms with E-state index in [4.69, 9.17) is 0 Å². The van der Waals surface area contributed by atoms with E-state index in [9.17, 15) is 0 Å². The molecule has 2 heteroatoms. The first kappa shape index (κ1) is 15.4. The van der Waals surface area contributed by atoms with Crippen molar-refractivity contribution in [2.75, 3.05) is 6.67 Å². The molecule has 0 fully saturated rings. The fourth-order valence-electron chi connectivity index (χ4n) is 0.943. The van der Waals surface area contributed by atoms with Crippen molar-refractivity contribution < 1.29 is 0 Å². The van der Waals surface area contributed by atoms with E-state index in [0.29, 0.717) is 5.41 Å². The van der Waals surface area contributed by atoms with Gasteiger partial charge < -0.3 is 11.5 Å². The number of unbranched alkanes of at least 4 members (excludes halogenated alkanes) is 1. The van der Waals surface area contributed by atoms with Crippen molar-refractivity contribution in [3.8, 4) is 0 Å². The molecule has 0 spiro atoms. The lowest BCUT2D eigenvalue weighted by molar-refractivity contribution is 0.242. The molecule has 0 heterocycles. The molecular weight excluding hydrogens is 160 g/mol. The molecule has 4 N–H and O–H groups in total. The van der Waals surface area contributed by atoms with Gasteiger partial charge in [0.15, 0.2) is 0 Å². The zero-order chi connectivity index (χ0) is 10.9. The Balaban J connectivity index is 0. The van der Waals surface area contributed by atoms with Gasteiger partial charge in [-0.1, -0.05) is 53.9 Å². The minimum absolute atomic E-state index is 0.250. The molecule has 0 rings (SSSR count). The highest BCUT2D eigenvalue weighted by molar-refractivity contribution is 4.69. The van der Waals surface area contributed by atoms with E-state index in [1.54, 1.807) is 0 Å². The molecule has 82 valence electrons. The fraction of sp³-hybridized carbons (Fsp3) is 1.00. The Bertz CT molecular complexity index is 94.8. The maximum atomic E-state index is 4.62. The number of hydrogen-bond donors (Lipinski definition) is 2. The molecule has 0 aliphatic heterocycles. The van der Waals surface area contributed by atoms with Crippen LogP contribution in [0, 0.1) is 11.3 Å². The van der Waals surface area contributed by atoms with Gasteiger partial charge in [0.2, 0.25) is 0 Å². The fourth-order valence-corrected chi connectivity index (χ4v) is 0.943. The second kappa shape index (κ2) is 8.52. The number of hydrogen-bond acceptors (Lipinski definition) is 2. The Morgan fingerprint density at radius 1 is 1.15 bits per heavy atom. The Kier molecular flexibility index (Phi) is 10.1. The van der Waals surface area contributed by atoms with Crippen LogP contribution in [0.3, 0.4) is 0 Å². The summed E-state index contributed by atoms with van der Waals surface area (Å²) in [4.78, 5) is 0. The van der Waals surface area contributed by atoms with Crippen molar-refractivity contribution in [2.45, 2.75) is 53.9 Å². The highest BCUT2D eigenvalue weighted by atomic mass is 14.7. The Morgan fingerprint density at radius 2 is 1.54 bits per heavy atom. The van der Waals surface area contributed by atoms with Crippen LogP contribution in [0.2, 0.25) is 0 Å². The van der Waals surface area contributed by atoms with E-state index in [1.165, 1.54) is 19.3 Å². The maximum absolute atomic E-state index is 4.62. The van der Waals surface area contributed by atoms with Gasteiger partial charge in [0.25, 0.3) is 0 Å². The van der Waals surface area contributed by atoms with Crippen LogP contribution in [0.25, 0.3) is 0 Å². The van der Waals surface area contributed by atoms with E-state index in [2.05, 4.69) is 46.1 Å². The maximum Gasteiger partial charge on any atom is 0.0403 e. The molecular formula is C11H28N2. The second-order valence-electron chi connectivity index (χ2n) is 4.65. The molecule has 0 aromatic heterocycles. The van der Waals surface area contributed by atoms with Crippen LogP contribution >= 0.6 is 0 Å². The monoisotopic (exact) mass is 188 g/mol. The van der Waals surface area contributed by atoms with Gasteiger partial charge in [-0.3, -0.25) is 0 Å². The Hall–Kier alpha value is -0.0800. The highest BCUT2D eigenvalue weighted by Gasteiger charge is 2.18. The largest absolute Gasteiger partial charge is 0.319 e.